The maximum absolute atomic E-state index is 11.4. The summed E-state index contributed by atoms with van der Waals surface area (Å²) in [6.07, 6.45) is -0.264. The maximum Gasteiger partial charge on any atom is 0.306 e. The lowest BCUT2D eigenvalue weighted by Crippen LogP contribution is -2.46. The van der Waals surface area contributed by atoms with Crippen LogP contribution in [0.5, 0.6) is 0 Å². The number of aliphatic imine (C=N–C) groups is 1. The van der Waals surface area contributed by atoms with Gasteiger partial charge in [0.2, 0.25) is 5.96 Å². The maximum atomic E-state index is 11.4. The van der Waals surface area contributed by atoms with Gasteiger partial charge in [0, 0.05) is 13.1 Å². The van der Waals surface area contributed by atoms with Gasteiger partial charge < -0.3 is 14.7 Å². The van der Waals surface area contributed by atoms with Gasteiger partial charge in [0.1, 0.15) is 6.04 Å². The average Bonchev–Trinajstić information content (AvgIpc) is 2.61. The van der Waals surface area contributed by atoms with E-state index in [2.05, 4.69) is 10.3 Å². The highest BCUT2D eigenvalue weighted by Crippen LogP contribution is 2.09. The lowest BCUT2D eigenvalue weighted by molar-refractivity contribution is -0.139. The van der Waals surface area contributed by atoms with E-state index in [-0.39, 0.29) is 12.3 Å². The zero-order valence-electron chi connectivity index (χ0n) is 8.68. The topological polar surface area (TPSA) is 91.2 Å². The molecule has 0 aromatic carbocycles. The van der Waals surface area contributed by atoms with Crippen molar-refractivity contribution in [3.05, 3.63) is 0 Å². The fraction of sp³-hybridized carbons (Fsp3) is 0.667. The molecule has 1 amide bonds. The van der Waals surface area contributed by atoms with Gasteiger partial charge in [0.25, 0.3) is 5.91 Å². The molecule has 2 rings (SSSR count). The SMILES string of the molecule is O=C(O)C[C@@H]1N=C(N2CCOCC2)NC1=O. The second-order valence-corrected chi connectivity index (χ2v) is 3.66. The van der Waals surface area contributed by atoms with Crippen LogP contribution in [-0.4, -0.2) is 60.2 Å². The lowest BCUT2D eigenvalue weighted by atomic mass is 10.2. The number of carboxylic acids is 1. The summed E-state index contributed by atoms with van der Waals surface area (Å²) in [7, 11) is 0. The molecule has 0 spiro atoms. The van der Waals surface area contributed by atoms with Crippen LogP contribution in [0.15, 0.2) is 4.99 Å². The quantitative estimate of drug-likeness (QED) is 0.608. The van der Waals surface area contributed by atoms with E-state index in [4.69, 9.17) is 9.84 Å². The first-order chi connectivity index (χ1) is 7.66. The van der Waals surface area contributed by atoms with Crippen molar-refractivity contribution in [1.82, 2.24) is 10.2 Å². The predicted octanol–water partition coefficient (Wildman–Crippen LogP) is -1.35. The van der Waals surface area contributed by atoms with E-state index >= 15 is 0 Å². The van der Waals surface area contributed by atoms with Gasteiger partial charge in [0.15, 0.2) is 0 Å². The summed E-state index contributed by atoms with van der Waals surface area (Å²) in [5, 5.41) is 11.2. The Labute approximate surface area is 92.1 Å². The molecule has 16 heavy (non-hydrogen) atoms. The second kappa shape index (κ2) is 4.48. The highest BCUT2D eigenvalue weighted by Gasteiger charge is 2.31. The summed E-state index contributed by atoms with van der Waals surface area (Å²) in [4.78, 5) is 27.9. The van der Waals surface area contributed by atoms with Crippen LogP contribution in [0, 0.1) is 0 Å². The normalized spacial score (nSPS) is 25.2. The smallest absolute Gasteiger partial charge is 0.306 e. The molecule has 1 fully saturated rings. The lowest BCUT2D eigenvalue weighted by Gasteiger charge is -2.27. The molecule has 0 aliphatic carbocycles. The predicted molar refractivity (Wildman–Crippen MR) is 54.0 cm³/mol. The van der Waals surface area contributed by atoms with E-state index < -0.39 is 12.0 Å². The zero-order chi connectivity index (χ0) is 11.5. The number of rotatable bonds is 2. The molecule has 2 aliphatic rings. The van der Waals surface area contributed by atoms with E-state index in [1.807, 2.05) is 4.90 Å². The van der Waals surface area contributed by atoms with Gasteiger partial charge in [-0.3, -0.25) is 14.9 Å². The van der Waals surface area contributed by atoms with Crippen molar-refractivity contribution in [3.63, 3.8) is 0 Å². The largest absolute Gasteiger partial charge is 0.481 e. The Morgan fingerprint density at radius 1 is 1.56 bits per heavy atom. The van der Waals surface area contributed by atoms with E-state index in [0.29, 0.717) is 32.3 Å². The minimum Gasteiger partial charge on any atom is -0.481 e. The number of carbonyl (C=O) groups excluding carboxylic acids is 1. The molecule has 0 aromatic rings. The third-order valence-corrected chi connectivity index (χ3v) is 2.49. The van der Waals surface area contributed by atoms with Crippen LogP contribution in [0.25, 0.3) is 0 Å². The van der Waals surface area contributed by atoms with Gasteiger partial charge in [-0.1, -0.05) is 0 Å². The first kappa shape index (κ1) is 10.9. The summed E-state index contributed by atoms with van der Waals surface area (Å²) in [6, 6.07) is -0.796. The number of aliphatic carboxylic acids is 1. The van der Waals surface area contributed by atoms with Crippen molar-refractivity contribution < 1.29 is 19.4 Å². The molecule has 1 saturated heterocycles. The molecular weight excluding hydrogens is 214 g/mol. The standard InChI is InChI=1S/C9H13N3O4/c13-7(14)5-6-8(15)11-9(10-6)12-1-3-16-4-2-12/h6H,1-5H2,(H,13,14)(H,10,11,15)/t6-/m0/s1. The molecule has 0 unspecified atom stereocenters. The van der Waals surface area contributed by atoms with Gasteiger partial charge in [0.05, 0.1) is 19.6 Å². The Balaban J connectivity index is 2.00. The molecule has 7 nitrogen and oxygen atoms in total. The molecule has 0 aromatic heterocycles. The van der Waals surface area contributed by atoms with Gasteiger partial charge >= 0.3 is 5.97 Å². The van der Waals surface area contributed by atoms with Crippen LogP contribution in [0.2, 0.25) is 0 Å². The Hall–Kier alpha value is -1.63. The highest BCUT2D eigenvalue weighted by molar-refractivity contribution is 6.05. The Kier molecular flexibility index (Phi) is 3.04. The van der Waals surface area contributed by atoms with Gasteiger partial charge in [-0.15, -0.1) is 0 Å². The average molecular weight is 227 g/mol. The summed E-state index contributed by atoms with van der Waals surface area (Å²) in [5.41, 5.74) is 0. The number of guanidine groups is 1. The molecule has 0 bridgehead atoms. The van der Waals surface area contributed by atoms with Crippen LogP contribution < -0.4 is 5.32 Å². The molecule has 7 heteroatoms. The minimum atomic E-state index is -1.02. The second-order valence-electron chi connectivity index (χ2n) is 3.66. The summed E-state index contributed by atoms with van der Waals surface area (Å²) in [5.74, 6) is -0.893. The van der Waals surface area contributed by atoms with Crippen LogP contribution in [0.1, 0.15) is 6.42 Å². The first-order valence-corrected chi connectivity index (χ1v) is 5.10. The molecule has 2 N–H and O–H groups in total. The molecule has 2 heterocycles. The van der Waals surface area contributed by atoms with Gasteiger partial charge in [-0.25, -0.2) is 4.99 Å². The Bertz CT molecular complexity index is 336. The number of nitrogens with zero attached hydrogens (tertiary/aromatic N) is 2. The number of hydrogen-bond acceptors (Lipinski definition) is 5. The van der Waals surface area contributed by atoms with Crippen molar-refractivity contribution in [2.24, 2.45) is 4.99 Å². The Morgan fingerprint density at radius 3 is 2.88 bits per heavy atom. The molecule has 88 valence electrons. The monoisotopic (exact) mass is 227 g/mol. The first-order valence-electron chi connectivity index (χ1n) is 5.10. The van der Waals surface area contributed by atoms with E-state index in [1.54, 1.807) is 0 Å². The number of carbonyl (C=O) groups is 2. The van der Waals surface area contributed by atoms with Crippen LogP contribution in [-0.2, 0) is 14.3 Å². The zero-order valence-corrected chi connectivity index (χ0v) is 8.68. The summed E-state index contributed by atoms with van der Waals surface area (Å²) < 4.78 is 5.17. The number of ether oxygens (including phenoxy) is 1. The van der Waals surface area contributed by atoms with E-state index in [0.717, 1.165) is 0 Å². The van der Waals surface area contributed by atoms with Crippen LogP contribution in [0.4, 0.5) is 0 Å². The summed E-state index contributed by atoms with van der Waals surface area (Å²) in [6.45, 7) is 2.52. The van der Waals surface area contributed by atoms with Crippen molar-refractivity contribution >= 4 is 17.8 Å². The van der Waals surface area contributed by atoms with E-state index in [9.17, 15) is 9.59 Å². The van der Waals surface area contributed by atoms with Crippen molar-refractivity contribution in [3.8, 4) is 0 Å². The number of hydrogen-bond donors (Lipinski definition) is 2. The third-order valence-electron chi connectivity index (χ3n) is 2.49. The molecule has 2 aliphatic heterocycles. The minimum absolute atomic E-state index is 0.264. The fourth-order valence-electron chi connectivity index (χ4n) is 1.67. The van der Waals surface area contributed by atoms with Gasteiger partial charge in [-0.05, 0) is 0 Å². The van der Waals surface area contributed by atoms with Crippen LogP contribution >= 0.6 is 0 Å². The molecule has 0 radical (unpaired) electrons. The molecular formula is C9H13N3O4. The molecule has 1 atom stereocenters. The Morgan fingerprint density at radius 2 is 2.25 bits per heavy atom. The highest BCUT2D eigenvalue weighted by atomic mass is 16.5. The summed E-state index contributed by atoms with van der Waals surface area (Å²) >= 11 is 0. The van der Waals surface area contributed by atoms with E-state index in [1.165, 1.54) is 0 Å². The molecule has 0 saturated carbocycles. The van der Waals surface area contributed by atoms with Crippen molar-refractivity contribution in [1.29, 1.82) is 0 Å². The van der Waals surface area contributed by atoms with Crippen molar-refractivity contribution in [2.45, 2.75) is 12.5 Å². The number of carboxylic acid groups (broad SMARTS) is 1. The van der Waals surface area contributed by atoms with Crippen molar-refractivity contribution in [2.75, 3.05) is 26.3 Å². The van der Waals surface area contributed by atoms with Crippen LogP contribution in [0.3, 0.4) is 0 Å². The van der Waals surface area contributed by atoms with Gasteiger partial charge in [-0.2, -0.15) is 0 Å². The number of morpholine rings is 1. The number of amides is 1. The fourth-order valence-corrected chi connectivity index (χ4v) is 1.67. The third kappa shape index (κ3) is 2.30. The number of nitrogens with one attached hydrogen (secondary N) is 1.